The summed E-state index contributed by atoms with van der Waals surface area (Å²) >= 11 is 4.06. The fourth-order valence-electron chi connectivity index (χ4n) is 1.25. The molecule has 3 heteroatoms. The van der Waals surface area contributed by atoms with E-state index in [0.717, 1.165) is 6.54 Å². The lowest BCUT2D eigenvalue weighted by molar-refractivity contribution is -0.120. The molecule has 70 valence electrons. The van der Waals surface area contributed by atoms with Gasteiger partial charge in [0.2, 0.25) is 5.91 Å². The first kappa shape index (κ1) is 9.90. The molecule has 1 unspecified atom stereocenters. The zero-order valence-electron chi connectivity index (χ0n) is 7.76. The van der Waals surface area contributed by atoms with E-state index in [4.69, 9.17) is 0 Å². The largest absolute Gasteiger partial charge is 0.355 e. The van der Waals surface area contributed by atoms with Crippen LogP contribution in [0.4, 0.5) is 0 Å². The van der Waals surface area contributed by atoms with Crippen LogP contribution in [-0.2, 0) is 4.79 Å². The number of nitrogens with one attached hydrogen (secondary N) is 1. The molecule has 1 fully saturated rings. The van der Waals surface area contributed by atoms with Crippen molar-refractivity contribution in [1.82, 2.24) is 5.32 Å². The third-order valence-electron chi connectivity index (χ3n) is 2.72. The molecule has 0 aliphatic heterocycles. The van der Waals surface area contributed by atoms with Gasteiger partial charge in [-0.3, -0.25) is 4.79 Å². The monoisotopic (exact) mass is 187 g/mol. The second kappa shape index (κ2) is 3.69. The summed E-state index contributed by atoms with van der Waals surface area (Å²) < 4.78 is 0. The Kier molecular flexibility index (Phi) is 3.04. The van der Waals surface area contributed by atoms with Crippen LogP contribution in [0.2, 0.25) is 0 Å². The minimum atomic E-state index is -0.183. The highest BCUT2D eigenvalue weighted by Gasteiger charge is 2.40. The molecule has 1 amide bonds. The van der Waals surface area contributed by atoms with Crippen molar-refractivity contribution in [3.63, 3.8) is 0 Å². The molecule has 0 aromatic carbocycles. The number of rotatable bonds is 4. The number of hydrogen-bond donors (Lipinski definition) is 2. The van der Waals surface area contributed by atoms with Gasteiger partial charge in [-0.2, -0.15) is 12.6 Å². The van der Waals surface area contributed by atoms with E-state index in [-0.39, 0.29) is 11.2 Å². The number of amides is 1. The minimum absolute atomic E-state index is 0.0538. The van der Waals surface area contributed by atoms with Crippen LogP contribution in [0.25, 0.3) is 0 Å². The zero-order chi connectivity index (χ0) is 9.19. The SMILES string of the molecule is CCC1(CNC(=O)C(C)S)CC1. The highest BCUT2D eigenvalue weighted by atomic mass is 32.1. The van der Waals surface area contributed by atoms with Crippen LogP contribution in [0.15, 0.2) is 0 Å². The summed E-state index contributed by atoms with van der Waals surface area (Å²) in [5, 5.41) is 2.74. The molecule has 0 spiro atoms. The van der Waals surface area contributed by atoms with Gasteiger partial charge < -0.3 is 5.32 Å². The molecule has 1 atom stereocenters. The van der Waals surface area contributed by atoms with Gasteiger partial charge in [-0.25, -0.2) is 0 Å². The van der Waals surface area contributed by atoms with E-state index in [1.807, 2.05) is 0 Å². The smallest absolute Gasteiger partial charge is 0.232 e. The molecule has 0 radical (unpaired) electrons. The molecule has 1 rings (SSSR count). The van der Waals surface area contributed by atoms with Crippen molar-refractivity contribution < 1.29 is 4.79 Å². The lowest BCUT2D eigenvalue weighted by atomic mass is 10.0. The topological polar surface area (TPSA) is 29.1 Å². The zero-order valence-corrected chi connectivity index (χ0v) is 8.66. The fraction of sp³-hybridized carbons (Fsp3) is 0.889. The average molecular weight is 187 g/mol. The average Bonchev–Trinajstić information content (AvgIpc) is 2.81. The highest BCUT2D eigenvalue weighted by molar-refractivity contribution is 7.81. The summed E-state index contributed by atoms with van der Waals surface area (Å²) in [4.78, 5) is 11.1. The summed E-state index contributed by atoms with van der Waals surface area (Å²) in [6.45, 7) is 4.82. The predicted octanol–water partition coefficient (Wildman–Crippen LogP) is 1.61. The van der Waals surface area contributed by atoms with Crippen molar-refractivity contribution >= 4 is 18.5 Å². The molecule has 12 heavy (non-hydrogen) atoms. The van der Waals surface area contributed by atoms with Crippen LogP contribution >= 0.6 is 12.6 Å². The lowest BCUT2D eigenvalue weighted by Crippen LogP contribution is -2.34. The van der Waals surface area contributed by atoms with Gasteiger partial charge in [0.25, 0.3) is 0 Å². The van der Waals surface area contributed by atoms with E-state index < -0.39 is 0 Å². The lowest BCUT2D eigenvalue weighted by Gasteiger charge is -2.14. The maximum absolute atomic E-state index is 11.1. The Bertz CT molecular complexity index is 175. The van der Waals surface area contributed by atoms with Gasteiger partial charge in [-0.1, -0.05) is 6.92 Å². The van der Waals surface area contributed by atoms with E-state index in [1.165, 1.54) is 19.3 Å². The third kappa shape index (κ3) is 2.41. The summed E-state index contributed by atoms with van der Waals surface area (Å²) in [6.07, 6.45) is 3.71. The molecule has 2 nitrogen and oxygen atoms in total. The van der Waals surface area contributed by atoms with Gasteiger partial charge in [-0.05, 0) is 31.6 Å². The van der Waals surface area contributed by atoms with E-state index >= 15 is 0 Å². The van der Waals surface area contributed by atoms with Gasteiger partial charge in [0.15, 0.2) is 0 Å². The third-order valence-corrected chi connectivity index (χ3v) is 2.96. The number of hydrogen-bond acceptors (Lipinski definition) is 2. The Morgan fingerprint density at radius 1 is 1.67 bits per heavy atom. The van der Waals surface area contributed by atoms with Crippen LogP contribution in [0, 0.1) is 5.41 Å². The van der Waals surface area contributed by atoms with Crippen LogP contribution < -0.4 is 5.32 Å². The second-order valence-corrected chi connectivity index (χ2v) is 4.52. The summed E-state index contributed by atoms with van der Waals surface area (Å²) in [5.74, 6) is 0.0538. The molecule has 1 N–H and O–H groups in total. The number of thiol groups is 1. The molecule has 1 aliphatic rings. The fourth-order valence-corrected chi connectivity index (χ4v) is 1.35. The van der Waals surface area contributed by atoms with E-state index in [2.05, 4.69) is 24.9 Å². The predicted molar refractivity (Wildman–Crippen MR) is 53.4 cm³/mol. The maximum atomic E-state index is 11.1. The van der Waals surface area contributed by atoms with Crippen molar-refractivity contribution in [1.29, 1.82) is 0 Å². The Morgan fingerprint density at radius 3 is 2.58 bits per heavy atom. The number of carbonyl (C=O) groups is 1. The summed E-state index contributed by atoms with van der Waals surface area (Å²) in [7, 11) is 0. The molecule has 0 aromatic rings. The van der Waals surface area contributed by atoms with Gasteiger partial charge in [0.05, 0.1) is 5.25 Å². The van der Waals surface area contributed by atoms with Gasteiger partial charge in [-0.15, -0.1) is 0 Å². The van der Waals surface area contributed by atoms with Gasteiger partial charge in [0.1, 0.15) is 0 Å². The Morgan fingerprint density at radius 2 is 2.25 bits per heavy atom. The quantitative estimate of drug-likeness (QED) is 0.643. The maximum Gasteiger partial charge on any atom is 0.232 e. The van der Waals surface area contributed by atoms with Gasteiger partial charge in [0, 0.05) is 6.54 Å². The highest BCUT2D eigenvalue weighted by Crippen LogP contribution is 2.47. The second-order valence-electron chi connectivity index (χ2n) is 3.75. The van der Waals surface area contributed by atoms with E-state index in [1.54, 1.807) is 6.92 Å². The first-order valence-corrected chi connectivity index (χ1v) is 5.07. The van der Waals surface area contributed by atoms with Crippen molar-refractivity contribution in [2.24, 2.45) is 5.41 Å². The van der Waals surface area contributed by atoms with Crippen LogP contribution in [0.1, 0.15) is 33.1 Å². The van der Waals surface area contributed by atoms with Gasteiger partial charge >= 0.3 is 0 Å². The molecule has 1 saturated carbocycles. The Hall–Kier alpha value is -0.180. The number of carbonyl (C=O) groups excluding carboxylic acids is 1. The normalized spacial score (nSPS) is 21.6. The Balaban J connectivity index is 2.21. The first-order chi connectivity index (χ1) is 5.59. The molecule has 0 bridgehead atoms. The molecular weight excluding hydrogens is 170 g/mol. The molecule has 1 aliphatic carbocycles. The standard InChI is InChI=1S/C9H17NOS/c1-3-9(4-5-9)6-10-8(11)7(2)12/h7,12H,3-6H2,1-2H3,(H,10,11). The van der Waals surface area contributed by atoms with E-state index in [0.29, 0.717) is 5.41 Å². The van der Waals surface area contributed by atoms with E-state index in [9.17, 15) is 4.79 Å². The summed E-state index contributed by atoms with van der Waals surface area (Å²) in [6, 6.07) is 0. The van der Waals surface area contributed by atoms with Crippen molar-refractivity contribution in [2.75, 3.05) is 6.54 Å². The van der Waals surface area contributed by atoms with Crippen LogP contribution in [0.3, 0.4) is 0 Å². The van der Waals surface area contributed by atoms with Crippen molar-refractivity contribution in [3.8, 4) is 0 Å². The molecule has 0 saturated heterocycles. The first-order valence-electron chi connectivity index (χ1n) is 4.55. The van der Waals surface area contributed by atoms with Crippen LogP contribution in [0.5, 0.6) is 0 Å². The minimum Gasteiger partial charge on any atom is -0.355 e. The van der Waals surface area contributed by atoms with Crippen LogP contribution in [-0.4, -0.2) is 17.7 Å². The van der Waals surface area contributed by atoms with Crippen molar-refractivity contribution in [3.05, 3.63) is 0 Å². The molecular formula is C9H17NOS. The Labute approximate surface area is 79.5 Å². The molecule has 0 heterocycles. The molecule has 0 aromatic heterocycles. The van der Waals surface area contributed by atoms with Crippen molar-refractivity contribution in [2.45, 2.75) is 38.4 Å². The summed E-state index contributed by atoms with van der Waals surface area (Å²) in [5.41, 5.74) is 0.443.